The summed E-state index contributed by atoms with van der Waals surface area (Å²) in [6.45, 7) is 0. The third kappa shape index (κ3) is 4.65. The molecule has 0 unspecified atom stereocenters. The summed E-state index contributed by atoms with van der Waals surface area (Å²) in [5, 5.41) is 0. The molecule has 0 heterocycles. The molecular weight excluding hydrogens is 304 g/mol. The maximum atomic E-state index is 13.0. The minimum absolute atomic E-state index is 0.103. The summed E-state index contributed by atoms with van der Waals surface area (Å²) < 4.78 is 16.1. The second kappa shape index (κ2) is 9.55. The summed E-state index contributed by atoms with van der Waals surface area (Å²) >= 11 is 0. The highest BCUT2D eigenvalue weighted by Crippen LogP contribution is 2.39. The van der Waals surface area contributed by atoms with Crippen LogP contribution in [0.25, 0.3) is 0 Å². The van der Waals surface area contributed by atoms with Crippen LogP contribution in [-0.2, 0) is 0 Å². The molecule has 134 valence electrons. The zero-order valence-corrected chi connectivity index (χ0v) is 15.2. The van der Waals surface area contributed by atoms with Gasteiger partial charge in [0.05, 0.1) is 21.3 Å². The Kier molecular flexibility index (Phi) is 7.41. The fourth-order valence-electron chi connectivity index (χ4n) is 3.53. The zero-order chi connectivity index (χ0) is 17.4. The normalized spacial score (nSPS) is 17.1. The third-order valence-electron chi connectivity index (χ3n) is 4.93. The van der Waals surface area contributed by atoms with E-state index in [9.17, 15) is 4.79 Å². The molecule has 0 atom stereocenters. The first-order chi connectivity index (χ1) is 11.7. The monoisotopic (exact) mass is 334 g/mol. The van der Waals surface area contributed by atoms with Crippen molar-refractivity contribution < 1.29 is 19.0 Å². The summed E-state index contributed by atoms with van der Waals surface area (Å²) in [6, 6.07) is 3.56. The van der Waals surface area contributed by atoms with Crippen LogP contribution < -0.4 is 14.2 Å². The molecule has 0 amide bonds. The third-order valence-corrected chi connectivity index (χ3v) is 4.93. The number of methoxy groups -OCH3 is 3. The molecule has 0 aliphatic heterocycles. The van der Waals surface area contributed by atoms with Gasteiger partial charge in [0.1, 0.15) is 0 Å². The Bertz CT molecular complexity index is 503. The van der Waals surface area contributed by atoms with E-state index in [-0.39, 0.29) is 11.7 Å². The van der Waals surface area contributed by atoms with Gasteiger partial charge in [-0.15, -0.1) is 0 Å². The van der Waals surface area contributed by atoms with Gasteiger partial charge in [0.25, 0.3) is 0 Å². The quantitative estimate of drug-likeness (QED) is 0.708. The number of ketones is 1. The molecule has 1 aromatic rings. The van der Waals surface area contributed by atoms with Crippen molar-refractivity contribution in [2.75, 3.05) is 21.3 Å². The van der Waals surface area contributed by atoms with Gasteiger partial charge in [-0.3, -0.25) is 4.79 Å². The molecule has 4 heteroatoms. The van der Waals surface area contributed by atoms with Crippen molar-refractivity contribution >= 4 is 5.78 Å². The standard InChI is InChI=1S/C20H30O4/c1-22-17-13-16(14-18(23-2)20(17)24-3)19(21)15-11-9-7-5-4-6-8-10-12-15/h13-15H,4-12H2,1-3H3. The summed E-state index contributed by atoms with van der Waals surface area (Å²) in [7, 11) is 4.73. The lowest BCUT2D eigenvalue weighted by Gasteiger charge is -2.19. The number of rotatable bonds is 5. The predicted molar refractivity (Wildman–Crippen MR) is 95.5 cm³/mol. The summed E-state index contributed by atoms with van der Waals surface area (Å²) in [6.07, 6.45) is 10.6. The van der Waals surface area contributed by atoms with Gasteiger partial charge in [0, 0.05) is 11.5 Å². The maximum Gasteiger partial charge on any atom is 0.203 e. The molecule has 4 nitrogen and oxygen atoms in total. The number of hydrogen-bond donors (Lipinski definition) is 0. The molecule has 2 rings (SSSR count). The lowest BCUT2D eigenvalue weighted by Crippen LogP contribution is -2.16. The lowest BCUT2D eigenvalue weighted by molar-refractivity contribution is 0.0900. The maximum absolute atomic E-state index is 13.0. The Labute approximate surface area is 145 Å². The smallest absolute Gasteiger partial charge is 0.203 e. The highest BCUT2D eigenvalue weighted by atomic mass is 16.5. The molecule has 24 heavy (non-hydrogen) atoms. The molecule has 1 fully saturated rings. The number of Topliss-reactive ketones (excluding diaryl/α,β-unsaturated/α-hetero) is 1. The van der Waals surface area contributed by atoms with E-state index in [2.05, 4.69) is 0 Å². The molecule has 0 spiro atoms. The Balaban J connectivity index is 2.22. The Morgan fingerprint density at radius 2 is 1.25 bits per heavy atom. The SMILES string of the molecule is COc1cc(C(=O)C2CCCCCCCCC2)cc(OC)c1OC. The van der Waals surface area contributed by atoms with Gasteiger partial charge in [-0.2, -0.15) is 0 Å². The fraction of sp³-hybridized carbons (Fsp3) is 0.650. The number of carbonyl (C=O) groups excluding carboxylic acids is 1. The summed E-state index contributed by atoms with van der Waals surface area (Å²) in [4.78, 5) is 13.0. The van der Waals surface area contributed by atoms with Gasteiger partial charge in [-0.05, 0) is 25.0 Å². The van der Waals surface area contributed by atoms with Crippen LogP contribution in [0.2, 0.25) is 0 Å². The lowest BCUT2D eigenvalue weighted by atomic mass is 9.86. The molecule has 1 saturated carbocycles. The van der Waals surface area contributed by atoms with Gasteiger partial charge in [-0.25, -0.2) is 0 Å². The van der Waals surface area contributed by atoms with Crippen molar-refractivity contribution in [3.63, 3.8) is 0 Å². The van der Waals surface area contributed by atoms with Crippen molar-refractivity contribution in [3.05, 3.63) is 17.7 Å². The Morgan fingerprint density at radius 3 is 1.67 bits per heavy atom. The molecule has 1 aliphatic rings. The fourth-order valence-corrected chi connectivity index (χ4v) is 3.53. The van der Waals surface area contributed by atoms with Crippen LogP contribution in [0.15, 0.2) is 12.1 Å². The Hall–Kier alpha value is -1.71. The summed E-state index contributed by atoms with van der Waals surface area (Å²) in [5.74, 6) is 1.92. The average molecular weight is 334 g/mol. The van der Waals surface area contributed by atoms with Crippen LogP contribution >= 0.6 is 0 Å². The van der Waals surface area contributed by atoms with Crippen LogP contribution in [0.1, 0.15) is 68.1 Å². The number of carbonyl (C=O) groups is 1. The number of benzene rings is 1. The van der Waals surface area contributed by atoms with Crippen molar-refractivity contribution in [2.24, 2.45) is 5.92 Å². The first kappa shape index (κ1) is 18.6. The van der Waals surface area contributed by atoms with Crippen molar-refractivity contribution in [1.29, 1.82) is 0 Å². The van der Waals surface area contributed by atoms with Gasteiger partial charge in [0.15, 0.2) is 17.3 Å². The van der Waals surface area contributed by atoms with E-state index in [1.54, 1.807) is 33.5 Å². The van der Waals surface area contributed by atoms with Gasteiger partial charge in [0.2, 0.25) is 5.75 Å². The van der Waals surface area contributed by atoms with E-state index in [0.29, 0.717) is 22.8 Å². The Morgan fingerprint density at radius 1 is 0.792 bits per heavy atom. The minimum atomic E-state index is 0.103. The number of ether oxygens (including phenoxy) is 3. The molecule has 0 saturated heterocycles. The first-order valence-corrected chi connectivity index (χ1v) is 9.05. The molecule has 0 N–H and O–H groups in total. The topological polar surface area (TPSA) is 44.8 Å². The minimum Gasteiger partial charge on any atom is -0.493 e. The van der Waals surface area contributed by atoms with E-state index >= 15 is 0 Å². The highest BCUT2D eigenvalue weighted by molar-refractivity contribution is 5.99. The van der Waals surface area contributed by atoms with Gasteiger partial charge < -0.3 is 14.2 Å². The second-order valence-electron chi connectivity index (χ2n) is 6.53. The van der Waals surface area contributed by atoms with Crippen molar-refractivity contribution in [3.8, 4) is 17.2 Å². The number of hydrogen-bond acceptors (Lipinski definition) is 4. The van der Waals surface area contributed by atoms with E-state index in [0.717, 1.165) is 25.7 Å². The molecule has 0 radical (unpaired) electrons. The van der Waals surface area contributed by atoms with Gasteiger partial charge in [-0.1, -0.05) is 44.9 Å². The van der Waals surface area contributed by atoms with Crippen molar-refractivity contribution in [2.45, 2.75) is 57.8 Å². The van der Waals surface area contributed by atoms with Crippen LogP contribution in [0.5, 0.6) is 17.2 Å². The molecule has 1 aromatic carbocycles. The van der Waals surface area contributed by atoms with E-state index in [1.807, 2.05) is 0 Å². The van der Waals surface area contributed by atoms with Gasteiger partial charge >= 0.3 is 0 Å². The highest BCUT2D eigenvalue weighted by Gasteiger charge is 2.23. The average Bonchev–Trinajstić information content (AvgIpc) is 2.63. The predicted octanol–water partition coefficient (Wildman–Crippen LogP) is 5.04. The van der Waals surface area contributed by atoms with Crippen LogP contribution in [0.4, 0.5) is 0 Å². The van der Waals surface area contributed by atoms with Crippen LogP contribution in [0.3, 0.4) is 0 Å². The zero-order valence-electron chi connectivity index (χ0n) is 15.2. The molecule has 1 aliphatic carbocycles. The van der Waals surface area contributed by atoms with Crippen LogP contribution in [-0.4, -0.2) is 27.1 Å². The van der Waals surface area contributed by atoms with E-state index in [4.69, 9.17) is 14.2 Å². The molecule has 0 aromatic heterocycles. The summed E-state index contributed by atoms with van der Waals surface area (Å²) in [5.41, 5.74) is 0.659. The second-order valence-corrected chi connectivity index (χ2v) is 6.53. The molecule has 0 bridgehead atoms. The molecular formula is C20H30O4. The largest absolute Gasteiger partial charge is 0.493 e. The van der Waals surface area contributed by atoms with E-state index in [1.165, 1.54) is 32.1 Å². The van der Waals surface area contributed by atoms with Crippen LogP contribution in [0, 0.1) is 5.92 Å². The van der Waals surface area contributed by atoms with E-state index < -0.39 is 0 Å². The first-order valence-electron chi connectivity index (χ1n) is 9.05. The van der Waals surface area contributed by atoms with Crippen molar-refractivity contribution in [1.82, 2.24) is 0 Å².